The Labute approximate surface area is 179 Å². The molecular weight excluding hydrogens is 398 g/mol. The maximum absolute atomic E-state index is 13.2. The van der Waals surface area contributed by atoms with Crippen molar-refractivity contribution in [3.05, 3.63) is 53.9 Å². The fraction of sp³-hybridized carbons (Fsp3) is 0.318. The molecule has 3 aromatic rings. The molecule has 1 atom stereocenters. The molecule has 0 N–H and O–H groups in total. The van der Waals surface area contributed by atoms with E-state index in [0.29, 0.717) is 24.5 Å². The first-order chi connectivity index (χ1) is 14.9. The Hall–Kier alpha value is -3.75. The SMILES string of the molecule is CCOC(=O)C1C(=O)N(CCc2ccccc2)c2cc(-c3cnn(C)c3C)nn2C1=O. The average Bonchev–Trinajstić information content (AvgIpc) is 3.33. The molecule has 9 heteroatoms. The Balaban J connectivity index is 1.75. The van der Waals surface area contributed by atoms with Gasteiger partial charge < -0.3 is 4.74 Å². The van der Waals surface area contributed by atoms with E-state index in [4.69, 9.17) is 4.74 Å². The smallest absolute Gasteiger partial charge is 0.328 e. The monoisotopic (exact) mass is 421 g/mol. The van der Waals surface area contributed by atoms with E-state index in [1.54, 1.807) is 23.9 Å². The van der Waals surface area contributed by atoms with Gasteiger partial charge >= 0.3 is 5.97 Å². The van der Waals surface area contributed by atoms with Crippen molar-refractivity contribution in [1.82, 2.24) is 19.6 Å². The summed E-state index contributed by atoms with van der Waals surface area (Å²) >= 11 is 0. The highest BCUT2D eigenvalue weighted by Crippen LogP contribution is 2.31. The van der Waals surface area contributed by atoms with Gasteiger partial charge in [-0.15, -0.1) is 0 Å². The van der Waals surface area contributed by atoms with E-state index in [1.165, 1.54) is 4.90 Å². The van der Waals surface area contributed by atoms with Crippen LogP contribution in [-0.2, 0) is 27.8 Å². The van der Waals surface area contributed by atoms with Gasteiger partial charge in [-0.2, -0.15) is 14.9 Å². The number of hydrogen-bond acceptors (Lipinski definition) is 6. The summed E-state index contributed by atoms with van der Waals surface area (Å²) in [6.07, 6.45) is 2.22. The van der Waals surface area contributed by atoms with Crippen LogP contribution in [0.2, 0.25) is 0 Å². The largest absolute Gasteiger partial charge is 0.465 e. The van der Waals surface area contributed by atoms with E-state index in [2.05, 4.69) is 10.2 Å². The molecule has 3 heterocycles. The Kier molecular flexibility index (Phi) is 5.41. The lowest BCUT2D eigenvalue weighted by atomic mass is 10.0. The number of anilines is 1. The minimum atomic E-state index is -1.56. The van der Waals surface area contributed by atoms with Gasteiger partial charge in [-0.25, -0.2) is 0 Å². The first-order valence-electron chi connectivity index (χ1n) is 10.1. The van der Waals surface area contributed by atoms with Gasteiger partial charge in [-0.1, -0.05) is 30.3 Å². The molecule has 0 saturated carbocycles. The number of rotatable bonds is 6. The van der Waals surface area contributed by atoms with Gasteiger partial charge in [0.15, 0.2) is 0 Å². The van der Waals surface area contributed by atoms with Crippen LogP contribution in [-0.4, -0.2) is 50.5 Å². The number of amides is 1. The minimum absolute atomic E-state index is 0.0754. The molecule has 1 amide bonds. The summed E-state index contributed by atoms with van der Waals surface area (Å²) in [6, 6.07) is 11.4. The van der Waals surface area contributed by atoms with E-state index in [1.807, 2.05) is 44.3 Å². The lowest BCUT2D eigenvalue weighted by Gasteiger charge is -2.30. The summed E-state index contributed by atoms with van der Waals surface area (Å²) in [5.41, 5.74) is 3.16. The lowest BCUT2D eigenvalue weighted by molar-refractivity contribution is -0.149. The fourth-order valence-corrected chi connectivity index (χ4v) is 3.64. The molecule has 0 saturated heterocycles. The van der Waals surface area contributed by atoms with Crippen LogP contribution < -0.4 is 4.90 Å². The molecule has 9 nitrogen and oxygen atoms in total. The second-order valence-electron chi connectivity index (χ2n) is 7.32. The molecular formula is C22H23N5O4. The molecule has 0 aliphatic carbocycles. The lowest BCUT2D eigenvalue weighted by Crippen LogP contribution is -2.51. The van der Waals surface area contributed by atoms with Crippen LogP contribution in [0.5, 0.6) is 0 Å². The molecule has 0 bridgehead atoms. The Morgan fingerprint density at radius 2 is 1.90 bits per heavy atom. The first-order valence-corrected chi connectivity index (χ1v) is 10.1. The highest BCUT2D eigenvalue weighted by molar-refractivity contribution is 6.23. The number of hydrogen-bond donors (Lipinski definition) is 0. The molecule has 0 radical (unpaired) electrons. The zero-order valence-electron chi connectivity index (χ0n) is 17.6. The number of esters is 1. The van der Waals surface area contributed by atoms with Gasteiger partial charge in [0.2, 0.25) is 5.92 Å². The third kappa shape index (κ3) is 3.63. The minimum Gasteiger partial charge on any atom is -0.465 e. The van der Waals surface area contributed by atoms with E-state index < -0.39 is 23.7 Å². The maximum Gasteiger partial charge on any atom is 0.328 e. The summed E-state index contributed by atoms with van der Waals surface area (Å²) in [7, 11) is 1.81. The van der Waals surface area contributed by atoms with Crippen molar-refractivity contribution in [2.75, 3.05) is 18.1 Å². The maximum atomic E-state index is 13.2. The van der Waals surface area contributed by atoms with Crippen LogP contribution in [0, 0.1) is 12.8 Å². The molecule has 4 rings (SSSR count). The Morgan fingerprint density at radius 1 is 1.16 bits per heavy atom. The van der Waals surface area contributed by atoms with Crippen LogP contribution in [0.4, 0.5) is 5.82 Å². The molecule has 0 spiro atoms. The molecule has 1 unspecified atom stereocenters. The van der Waals surface area contributed by atoms with E-state index in [0.717, 1.165) is 21.5 Å². The quantitative estimate of drug-likeness (QED) is 0.446. The number of fused-ring (bicyclic) bond motifs is 1. The molecule has 1 aliphatic heterocycles. The highest BCUT2D eigenvalue weighted by Gasteiger charge is 2.46. The average molecular weight is 421 g/mol. The normalized spacial score (nSPS) is 15.8. The van der Waals surface area contributed by atoms with Crippen molar-refractivity contribution in [3.8, 4) is 11.3 Å². The van der Waals surface area contributed by atoms with E-state index in [-0.39, 0.29) is 6.61 Å². The molecule has 31 heavy (non-hydrogen) atoms. The van der Waals surface area contributed by atoms with E-state index in [9.17, 15) is 14.4 Å². The van der Waals surface area contributed by atoms with Crippen molar-refractivity contribution in [2.24, 2.45) is 13.0 Å². The number of nitrogens with zero attached hydrogens (tertiary/aromatic N) is 5. The first kappa shape index (κ1) is 20.5. The van der Waals surface area contributed by atoms with Crippen LogP contribution in [0.25, 0.3) is 11.3 Å². The van der Waals surface area contributed by atoms with Gasteiger partial charge in [0.25, 0.3) is 11.8 Å². The second-order valence-corrected chi connectivity index (χ2v) is 7.32. The summed E-state index contributed by atoms with van der Waals surface area (Å²) in [5, 5.41) is 8.64. The summed E-state index contributed by atoms with van der Waals surface area (Å²) < 4.78 is 7.84. The van der Waals surface area contributed by atoms with Crippen LogP contribution in [0.3, 0.4) is 0 Å². The van der Waals surface area contributed by atoms with Crippen LogP contribution in [0.1, 0.15) is 23.0 Å². The number of aryl methyl sites for hydroxylation is 1. The topological polar surface area (TPSA) is 99.3 Å². The van der Waals surface area contributed by atoms with Crippen molar-refractivity contribution >= 4 is 23.6 Å². The van der Waals surface area contributed by atoms with Gasteiger partial charge in [0.05, 0.1) is 18.5 Å². The third-order valence-electron chi connectivity index (χ3n) is 5.44. The van der Waals surface area contributed by atoms with Crippen LogP contribution >= 0.6 is 0 Å². The summed E-state index contributed by atoms with van der Waals surface area (Å²) in [6.45, 7) is 3.89. The predicted molar refractivity (Wildman–Crippen MR) is 112 cm³/mol. The van der Waals surface area contributed by atoms with Crippen molar-refractivity contribution in [1.29, 1.82) is 0 Å². The standard InChI is InChI=1S/C22H23N5O4/c1-4-31-22(30)19-20(28)26(11-10-15-8-6-5-7-9-15)18-12-17(24-27(18)21(19)29)16-13-23-25(3)14(16)2/h5-9,12-13,19H,4,10-11H2,1-3H3. The summed E-state index contributed by atoms with van der Waals surface area (Å²) in [5.74, 6) is -3.39. The molecule has 1 aromatic carbocycles. The number of carbonyl (C=O) groups excluding carboxylic acids is 3. The predicted octanol–water partition coefficient (Wildman–Crippen LogP) is 2.00. The fourth-order valence-electron chi connectivity index (χ4n) is 3.64. The van der Waals surface area contributed by atoms with Crippen molar-refractivity contribution < 1.29 is 19.1 Å². The number of aromatic nitrogens is 4. The zero-order chi connectivity index (χ0) is 22.1. The molecule has 0 fully saturated rings. The number of ether oxygens (including phenoxy) is 1. The van der Waals surface area contributed by atoms with Gasteiger partial charge in [-0.3, -0.25) is 24.0 Å². The van der Waals surface area contributed by atoms with Gasteiger partial charge in [0.1, 0.15) is 5.82 Å². The molecule has 160 valence electrons. The Morgan fingerprint density at radius 3 is 2.55 bits per heavy atom. The number of carbonyl (C=O) groups is 3. The van der Waals surface area contributed by atoms with Crippen molar-refractivity contribution in [3.63, 3.8) is 0 Å². The van der Waals surface area contributed by atoms with Crippen molar-refractivity contribution in [2.45, 2.75) is 20.3 Å². The highest BCUT2D eigenvalue weighted by atomic mass is 16.5. The Bertz CT molecular complexity index is 1150. The third-order valence-corrected chi connectivity index (χ3v) is 5.44. The zero-order valence-corrected chi connectivity index (χ0v) is 17.6. The molecule has 1 aliphatic rings. The van der Waals surface area contributed by atoms with Crippen LogP contribution in [0.15, 0.2) is 42.6 Å². The van der Waals surface area contributed by atoms with Gasteiger partial charge in [-0.05, 0) is 25.8 Å². The molecule has 2 aromatic heterocycles. The van der Waals surface area contributed by atoms with E-state index >= 15 is 0 Å². The number of benzene rings is 1. The van der Waals surface area contributed by atoms with Gasteiger partial charge in [0, 0.05) is 30.9 Å². The summed E-state index contributed by atoms with van der Waals surface area (Å²) in [4.78, 5) is 40.1. The second kappa shape index (κ2) is 8.17.